The van der Waals surface area contributed by atoms with Crippen LogP contribution in [0.3, 0.4) is 0 Å². The summed E-state index contributed by atoms with van der Waals surface area (Å²) in [5, 5.41) is 14.3. The molecule has 5 nitrogen and oxygen atoms in total. The van der Waals surface area contributed by atoms with Gasteiger partial charge in [0.15, 0.2) is 0 Å². The number of hydrogen-bond donors (Lipinski definition) is 4. The van der Waals surface area contributed by atoms with Crippen LogP contribution in [-0.2, 0) is 13.0 Å². The quantitative estimate of drug-likeness (QED) is 0.343. The molecule has 7 heteroatoms. The van der Waals surface area contributed by atoms with E-state index in [2.05, 4.69) is 10.3 Å². The lowest BCUT2D eigenvalue weighted by Gasteiger charge is -2.38. The summed E-state index contributed by atoms with van der Waals surface area (Å²) in [4.78, 5) is 3.11. The van der Waals surface area contributed by atoms with Gasteiger partial charge in [0, 0.05) is 34.8 Å². The molecule has 0 amide bonds. The summed E-state index contributed by atoms with van der Waals surface area (Å²) in [5.74, 6) is -0.396. The van der Waals surface area contributed by atoms with Gasteiger partial charge in [0.25, 0.3) is 0 Å². The van der Waals surface area contributed by atoms with E-state index in [1.807, 2.05) is 45.2 Å². The van der Waals surface area contributed by atoms with Crippen LogP contribution in [0.5, 0.6) is 0 Å². The third-order valence-electron chi connectivity index (χ3n) is 5.98. The Hall–Kier alpha value is -3.16. The Morgan fingerprint density at radius 3 is 2.66 bits per heavy atom. The van der Waals surface area contributed by atoms with Crippen molar-refractivity contribution in [3.8, 4) is 11.1 Å². The Balaban J connectivity index is 0.000000300. The van der Waals surface area contributed by atoms with E-state index in [1.165, 1.54) is 6.07 Å². The molecule has 2 aromatic carbocycles. The van der Waals surface area contributed by atoms with E-state index >= 15 is 4.39 Å². The van der Waals surface area contributed by atoms with E-state index < -0.39 is 23.3 Å². The number of aliphatic hydroxyl groups excluding tert-OH is 1. The number of aromatic amines is 1. The fourth-order valence-electron chi connectivity index (χ4n) is 4.03. The predicted molar refractivity (Wildman–Crippen MR) is 122 cm³/mol. The van der Waals surface area contributed by atoms with Crippen LogP contribution >= 0.6 is 0 Å². The fourth-order valence-corrected chi connectivity index (χ4v) is 4.03. The molecule has 168 valence electrons. The fraction of sp³-hybridized carbons (Fsp3) is 0.280. The number of anilines is 1. The number of nitrogens with one attached hydrogen (secondary N) is 2. The highest BCUT2D eigenvalue weighted by molar-refractivity contribution is 5.96. The molecule has 1 aliphatic heterocycles. The molecule has 2 aromatic heterocycles. The number of aromatic nitrogens is 1. The Bertz CT molecular complexity index is 1250. The van der Waals surface area contributed by atoms with Crippen LogP contribution in [0.15, 0.2) is 53.3 Å². The Kier molecular flexibility index (Phi) is 5.79. The summed E-state index contributed by atoms with van der Waals surface area (Å²) in [6.45, 7) is 6.07. The van der Waals surface area contributed by atoms with Gasteiger partial charge < -0.3 is 25.6 Å². The first-order valence-electron chi connectivity index (χ1n) is 10.5. The zero-order chi connectivity index (χ0) is 23.0. The van der Waals surface area contributed by atoms with E-state index in [4.69, 9.17) is 10.2 Å². The molecule has 0 bridgehead atoms. The maximum Gasteiger partial charge on any atom is 0.139 e. The van der Waals surface area contributed by atoms with Crippen LogP contribution < -0.4 is 11.1 Å². The van der Waals surface area contributed by atoms with Crippen molar-refractivity contribution < 1.29 is 18.3 Å². The zero-order valence-electron chi connectivity index (χ0n) is 18.3. The molecule has 0 saturated carbocycles. The number of aliphatic hydroxyl groups is 1. The Morgan fingerprint density at radius 1 is 1.22 bits per heavy atom. The largest absolute Gasteiger partial charge is 0.468 e. The van der Waals surface area contributed by atoms with E-state index in [9.17, 15) is 9.50 Å². The van der Waals surface area contributed by atoms with Gasteiger partial charge in [-0.05, 0) is 44.5 Å². The lowest BCUT2D eigenvalue weighted by atomic mass is 9.84. The molecule has 0 saturated heterocycles. The number of benzene rings is 2. The smallest absolute Gasteiger partial charge is 0.139 e. The van der Waals surface area contributed by atoms with Crippen molar-refractivity contribution in [2.75, 3.05) is 5.32 Å². The highest BCUT2D eigenvalue weighted by atomic mass is 19.1. The third kappa shape index (κ3) is 3.89. The number of rotatable bonds is 2. The monoisotopic (exact) mass is 439 g/mol. The van der Waals surface area contributed by atoms with Gasteiger partial charge in [-0.3, -0.25) is 0 Å². The van der Waals surface area contributed by atoms with Crippen LogP contribution in [0.25, 0.3) is 22.0 Å². The topological polar surface area (TPSA) is 87.2 Å². The number of aryl methyl sites for hydroxylation is 1. The lowest BCUT2D eigenvalue weighted by Crippen LogP contribution is -2.48. The van der Waals surface area contributed by atoms with Crippen molar-refractivity contribution in [3.63, 3.8) is 0 Å². The van der Waals surface area contributed by atoms with Crippen LogP contribution in [0.1, 0.15) is 30.7 Å². The first-order valence-corrected chi connectivity index (χ1v) is 10.5. The highest BCUT2D eigenvalue weighted by Gasteiger charge is 2.36. The van der Waals surface area contributed by atoms with E-state index in [-0.39, 0.29) is 12.0 Å². The number of H-pyrrole nitrogens is 1. The molecule has 5 rings (SSSR count). The van der Waals surface area contributed by atoms with Crippen LogP contribution in [0.2, 0.25) is 0 Å². The molecule has 1 aliphatic rings. The molecule has 1 atom stereocenters. The normalized spacial score (nSPS) is 16.8. The maximum absolute atomic E-state index is 15.3. The van der Waals surface area contributed by atoms with Crippen molar-refractivity contribution >= 4 is 16.6 Å². The average Bonchev–Trinajstić information content (AvgIpc) is 3.41. The average molecular weight is 440 g/mol. The minimum absolute atomic E-state index is 0.0556. The minimum atomic E-state index is -0.753. The molecule has 1 unspecified atom stereocenters. The summed E-state index contributed by atoms with van der Waals surface area (Å²) in [5.41, 5.74) is 7.46. The molecule has 3 heterocycles. The maximum atomic E-state index is 15.3. The summed E-state index contributed by atoms with van der Waals surface area (Å²) in [6, 6.07) is 10.4. The van der Waals surface area contributed by atoms with Gasteiger partial charge in [0.05, 0.1) is 35.5 Å². The molecular weight excluding hydrogens is 412 g/mol. The highest BCUT2D eigenvalue weighted by Crippen LogP contribution is 2.40. The SMILES string of the molecule is Cc1c[nH]c2c(-c3c(F)cc4c(c3F)CC(O)C(C)(C)N4)cccc12.NCc1ccco1. The molecule has 0 fully saturated rings. The summed E-state index contributed by atoms with van der Waals surface area (Å²) < 4.78 is 35.0. The van der Waals surface area contributed by atoms with Crippen molar-refractivity contribution in [1.82, 2.24) is 4.98 Å². The number of nitrogens with two attached hydrogens (primary N) is 1. The summed E-state index contributed by atoms with van der Waals surface area (Å²) in [7, 11) is 0. The van der Waals surface area contributed by atoms with E-state index in [0.29, 0.717) is 28.9 Å². The number of para-hydroxylation sites is 1. The molecule has 0 radical (unpaired) electrons. The van der Waals surface area contributed by atoms with Crippen LogP contribution in [0.4, 0.5) is 14.5 Å². The standard InChI is InChI=1S/C20H20F2N2O.C5H7NO/c1-10-9-23-19-11(10)5-4-6-12(19)17-14(21)8-15-13(18(17)22)7-16(25)20(2,3)24-15;6-4-5-2-1-3-7-5/h4-6,8-9,16,23-25H,7H2,1-3H3;1-3H,4,6H2. The molecular formula is C25H27F2N3O2. The minimum Gasteiger partial charge on any atom is -0.468 e. The molecule has 0 spiro atoms. The van der Waals surface area contributed by atoms with Gasteiger partial charge in [-0.1, -0.05) is 18.2 Å². The Morgan fingerprint density at radius 2 is 2.00 bits per heavy atom. The second-order valence-electron chi connectivity index (χ2n) is 8.62. The lowest BCUT2D eigenvalue weighted by molar-refractivity contribution is 0.109. The first kappa shape index (κ1) is 22.0. The molecule has 0 aliphatic carbocycles. The molecule has 4 aromatic rings. The Labute approximate surface area is 185 Å². The van der Waals surface area contributed by atoms with Gasteiger partial charge in [-0.25, -0.2) is 8.78 Å². The number of halogens is 2. The van der Waals surface area contributed by atoms with Crippen molar-refractivity contribution in [1.29, 1.82) is 0 Å². The van der Waals surface area contributed by atoms with E-state index in [0.717, 1.165) is 16.7 Å². The number of hydrogen-bond acceptors (Lipinski definition) is 4. The predicted octanol–water partition coefficient (Wildman–Crippen LogP) is 5.27. The summed E-state index contributed by atoms with van der Waals surface area (Å²) in [6.07, 6.45) is 2.84. The summed E-state index contributed by atoms with van der Waals surface area (Å²) >= 11 is 0. The van der Waals surface area contributed by atoms with Crippen molar-refractivity contribution in [2.45, 2.75) is 45.4 Å². The van der Waals surface area contributed by atoms with Crippen molar-refractivity contribution in [2.24, 2.45) is 5.73 Å². The van der Waals surface area contributed by atoms with Gasteiger partial charge in [-0.2, -0.15) is 0 Å². The first-order chi connectivity index (χ1) is 15.2. The zero-order valence-corrected chi connectivity index (χ0v) is 18.3. The third-order valence-corrected chi connectivity index (χ3v) is 5.98. The number of fused-ring (bicyclic) bond motifs is 2. The second kappa shape index (κ2) is 8.41. The van der Waals surface area contributed by atoms with Gasteiger partial charge >= 0.3 is 0 Å². The van der Waals surface area contributed by atoms with Gasteiger partial charge in [0.1, 0.15) is 17.4 Å². The number of furan rings is 1. The van der Waals surface area contributed by atoms with Crippen molar-refractivity contribution in [3.05, 3.63) is 77.4 Å². The van der Waals surface area contributed by atoms with E-state index in [1.54, 1.807) is 18.4 Å². The molecule has 5 N–H and O–H groups in total. The second-order valence-corrected chi connectivity index (χ2v) is 8.62. The molecule has 32 heavy (non-hydrogen) atoms. The van der Waals surface area contributed by atoms with Crippen LogP contribution in [-0.4, -0.2) is 21.7 Å². The van der Waals surface area contributed by atoms with Gasteiger partial charge in [0.2, 0.25) is 0 Å². The van der Waals surface area contributed by atoms with Crippen LogP contribution in [0, 0.1) is 18.6 Å². The van der Waals surface area contributed by atoms with Gasteiger partial charge in [-0.15, -0.1) is 0 Å².